The molecule has 2 aromatic heterocycles. The highest BCUT2D eigenvalue weighted by atomic mass is 35.5. The molecule has 2 heterocycles. The highest BCUT2D eigenvalue weighted by Crippen LogP contribution is 2.34. The standard InChI is InChI=1S/C19H12Cl3N5OS/c1-10-15(18(28)27(26-10)13-5-2-11(20)3-6-13)9-23-19-25-24-17(29-19)14-7-4-12(21)8-16(14)22/h2-9,26H,1H3/b23-9+. The fourth-order valence-corrected chi connectivity index (χ4v) is 4.05. The van der Waals surface area contributed by atoms with Crippen LogP contribution in [-0.2, 0) is 0 Å². The van der Waals surface area contributed by atoms with Crippen LogP contribution in [0.5, 0.6) is 0 Å². The Balaban J connectivity index is 1.63. The summed E-state index contributed by atoms with van der Waals surface area (Å²) in [6.45, 7) is 1.80. The number of H-pyrrole nitrogens is 1. The molecule has 0 amide bonds. The number of aryl methyl sites for hydroxylation is 1. The van der Waals surface area contributed by atoms with Gasteiger partial charge < -0.3 is 0 Å². The van der Waals surface area contributed by atoms with Crippen molar-refractivity contribution in [1.29, 1.82) is 0 Å². The molecule has 10 heteroatoms. The first-order chi connectivity index (χ1) is 13.9. The van der Waals surface area contributed by atoms with Gasteiger partial charge in [-0.3, -0.25) is 9.89 Å². The van der Waals surface area contributed by atoms with Crippen LogP contribution >= 0.6 is 46.1 Å². The van der Waals surface area contributed by atoms with Gasteiger partial charge in [0.25, 0.3) is 5.56 Å². The van der Waals surface area contributed by atoms with E-state index >= 15 is 0 Å². The number of benzene rings is 2. The largest absolute Gasteiger partial charge is 0.295 e. The number of nitrogens with one attached hydrogen (secondary N) is 1. The molecule has 0 atom stereocenters. The molecule has 0 unspecified atom stereocenters. The van der Waals surface area contributed by atoms with E-state index < -0.39 is 0 Å². The van der Waals surface area contributed by atoms with Crippen molar-refractivity contribution in [2.75, 3.05) is 0 Å². The van der Waals surface area contributed by atoms with Crippen molar-refractivity contribution in [2.45, 2.75) is 6.92 Å². The summed E-state index contributed by atoms with van der Waals surface area (Å²) < 4.78 is 1.44. The molecular weight excluding hydrogens is 453 g/mol. The average Bonchev–Trinajstić information content (AvgIpc) is 3.26. The fraction of sp³-hybridized carbons (Fsp3) is 0.0526. The third-order valence-corrected chi connectivity index (χ3v) is 5.75. The van der Waals surface area contributed by atoms with E-state index in [2.05, 4.69) is 20.3 Å². The van der Waals surface area contributed by atoms with Gasteiger partial charge in [-0.1, -0.05) is 46.1 Å². The average molecular weight is 465 g/mol. The molecule has 0 saturated carbocycles. The quantitative estimate of drug-likeness (QED) is 0.393. The Labute approximate surface area is 184 Å². The van der Waals surface area contributed by atoms with Gasteiger partial charge in [0.1, 0.15) is 0 Å². The van der Waals surface area contributed by atoms with E-state index in [0.29, 0.717) is 42.2 Å². The number of nitrogens with zero attached hydrogens (tertiary/aromatic N) is 4. The molecule has 4 aromatic rings. The lowest BCUT2D eigenvalue weighted by Crippen LogP contribution is -2.17. The molecule has 0 saturated heterocycles. The van der Waals surface area contributed by atoms with Gasteiger partial charge in [0.05, 0.1) is 16.3 Å². The Hall–Kier alpha value is -2.45. The van der Waals surface area contributed by atoms with Gasteiger partial charge in [-0.05, 0) is 49.4 Å². The zero-order valence-corrected chi connectivity index (χ0v) is 17.9. The Bertz CT molecular complexity index is 1270. The first-order valence-electron chi connectivity index (χ1n) is 8.33. The molecule has 0 spiro atoms. The van der Waals surface area contributed by atoms with E-state index in [0.717, 1.165) is 5.56 Å². The first kappa shape index (κ1) is 19.8. The summed E-state index contributed by atoms with van der Waals surface area (Å²) in [5.41, 5.74) is 2.29. The van der Waals surface area contributed by atoms with Gasteiger partial charge >= 0.3 is 0 Å². The minimum absolute atomic E-state index is 0.223. The molecule has 4 rings (SSSR count). The van der Waals surface area contributed by atoms with Crippen LogP contribution in [-0.4, -0.2) is 26.2 Å². The maximum Gasteiger partial charge on any atom is 0.280 e. The van der Waals surface area contributed by atoms with Crippen LogP contribution in [0.25, 0.3) is 16.3 Å². The van der Waals surface area contributed by atoms with Crippen LogP contribution in [0.15, 0.2) is 52.3 Å². The molecule has 0 fully saturated rings. The Kier molecular flexibility index (Phi) is 5.56. The lowest BCUT2D eigenvalue weighted by atomic mass is 10.2. The van der Waals surface area contributed by atoms with E-state index in [1.807, 2.05) is 0 Å². The molecular formula is C19H12Cl3N5OS. The third kappa shape index (κ3) is 4.13. The molecule has 0 aliphatic heterocycles. The van der Waals surface area contributed by atoms with Crippen LogP contribution in [0.4, 0.5) is 5.13 Å². The smallest absolute Gasteiger partial charge is 0.280 e. The second-order valence-corrected chi connectivity index (χ2v) is 8.28. The summed E-state index contributed by atoms with van der Waals surface area (Å²) in [6, 6.07) is 12.1. The van der Waals surface area contributed by atoms with Crippen LogP contribution in [0.3, 0.4) is 0 Å². The van der Waals surface area contributed by atoms with Gasteiger partial charge in [0, 0.05) is 27.5 Å². The Morgan fingerprint density at radius 2 is 1.79 bits per heavy atom. The molecule has 1 N–H and O–H groups in total. The van der Waals surface area contributed by atoms with E-state index in [-0.39, 0.29) is 5.56 Å². The van der Waals surface area contributed by atoms with Crippen molar-refractivity contribution in [3.05, 3.63) is 79.1 Å². The van der Waals surface area contributed by atoms with Gasteiger partial charge in [-0.25, -0.2) is 9.67 Å². The predicted octanol–water partition coefficient (Wildman–Crippen LogP) is 5.70. The minimum Gasteiger partial charge on any atom is -0.295 e. The molecule has 2 aromatic carbocycles. The van der Waals surface area contributed by atoms with E-state index in [1.54, 1.807) is 49.4 Å². The number of hydrogen-bond donors (Lipinski definition) is 1. The van der Waals surface area contributed by atoms with Crippen LogP contribution < -0.4 is 5.56 Å². The summed E-state index contributed by atoms with van der Waals surface area (Å²) in [6.07, 6.45) is 1.48. The third-order valence-electron chi connectivity index (χ3n) is 4.08. The van der Waals surface area contributed by atoms with Crippen molar-refractivity contribution >= 4 is 57.5 Å². The van der Waals surface area contributed by atoms with Crippen LogP contribution in [0.1, 0.15) is 11.3 Å². The first-order valence-corrected chi connectivity index (χ1v) is 10.3. The monoisotopic (exact) mass is 463 g/mol. The fourth-order valence-electron chi connectivity index (χ4n) is 2.64. The molecule has 0 bridgehead atoms. The topological polar surface area (TPSA) is 75.9 Å². The molecule has 6 nitrogen and oxygen atoms in total. The number of aromatic nitrogens is 4. The van der Waals surface area contributed by atoms with Gasteiger partial charge in [-0.2, -0.15) is 0 Å². The van der Waals surface area contributed by atoms with Crippen LogP contribution in [0.2, 0.25) is 15.1 Å². The van der Waals surface area contributed by atoms with E-state index in [9.17, 15) is 4.79 Å². The van der Waals surface area contributed by atoms with Crippen molar-refractivity contribution < 1.29 is 0 Å². The van der Waals surface area contributed by atoms with E-state index in [4.69, 9.17) is 34.8 Å². The molecule has 29 heavy (non-hydrogen) atoms. The van der Waals surface area contributed by atoms with Crippen molar-refractivity contribution in [2.24, 2.45) is 4.99 Å². The summed E-state index contributed by atoms with van der Waals surface area (Å²) in [4.78, 5) is 17.1. The summed E-state index contributed by atoms with van der Waals surface area (Å²) in [5.74, 6) is 0. The normalized spacial score (nSPS) is 11.4. The summed E-state index contributed by atoms with van der Waals surface area (Å²) in [5, 5.41) is 13.8. The molecule has 146 valence electrons. The Morgan fingerprint density at radius 1 is 1.07 bits per heavy atom. The Morgan fingerprint density at radius 3 is 2.52 bits per heavy atom. The lowest BCUT2D eigenvalue weighted by Gasteiger charge is -2.00. The predicted molar refractivity (Wildman–Crippen MR) is 119 cm³/mol. The minimum atomic E-state index is -0.223. The molecule has 0 aliphatic rings. The molecule has 0 radical (unpaired) electrons. The summed E-state index contributed by atoms with van der Waals surface area (Å²) >= 11 is 19.3. The maximum absolute atomic E-state index is 12.7. The highest BCUT2D eigenvalue weighted by molar-refractivity contribution is 7.18. The van der Waals surface area contributed by atoms with E-state index in [1.165, 1.54) is 22.2 Å². The zero-order chi connectivity index (χ0) is 20.5. The van der Waals surface area contributed by atoms with Crippen molar-refractivity contribution in [3.8, 4) is 16.3 Å². The van der Waals surface area contributed by atoms with Crippen LogP contribution in [0, 0.1) is 6.92 Å². The van der Waals surface area contributed by atoms with Gasteiger partial charge in [0.2, 0.25) is 5.13 Å². The number of aromatic amines is 1. The number of halogens is 3. The number of rotatable bonds is 4. The second-order valence-electron chi connectivity index (χ2n) is 6.04. The van der Waals surface area contributed by atoms with Gasteiger partial charge in [-0.15, -0.1) is 10.2 Å². The molecule has 0 aliphatic carbocycles. The lowest BCUT2D eigenvalue weighted by molar-refractivity contribution is 0.835. The SMILES string of the molecule is Cc1[nH]n(-c2ccc(Cl)cc2)c(=O)c1/C=N/c1nnc(-c2ccc(Cl)cc2Cl)s1. The van der Waals surface area contributed by atoms with Crippen molar-refractivity contribution in [1.82, 2.24) is 20.0 Å². The maximum atomic E-state index is 12.7. The highest BCUT2D eigenvalue weighted by Gasteiger charge is 2.13. The summed E-state index contributed by atoms with van der Waals surface area (Å²) in [7, 11) is 0. The zero-order valence-electron chi connectivity index (χ0n) is 14.9. The second kappa shape index (κ2) is 8.12. The van der Waals surface area contributed by atoms with Crippen molar-refractivity contribution in [3.63, 3.8) is 0 Å². The van der Waals surface area contributed by atoms with Gasteiger partial charge in [0.15, 0.2) is 5.01 Å². The number of aliphatic imine (C=N–C) groups is 1. The number of hydrogen-bond acceptors (Lipinski definition) is 5.